The molecule has 3 fully saturated rings. The van der Waals surface area contributed by atoms with Crippen LogP contribution in [-0.2, 0) is 16.6 Å². The van der Waals surface area contributed by atoms with E-state index < -0.39 is 0 Å². The Morgan fingerprint density at radius 1 is 1.21 bits per heavy atom. The van der Waals surface area contributed by atoms with Gasteiger partial charge in [0.25, 0.3) is 0 Å². The van der Waals surface area contributed by atoms with Gasteiger partial charge in [-0.1, -0.05) is 11.8 Å². The first kappa shape index (κ1) is 18.4. The second kappa shape index (κ2) is 7.00. The molecule has 1 atom stereocenters. The van der Waals surface area contributed by atoms with Gasteiger partial charge in [-0.2, -0.15) is 5.10 Å². The molecule has 0 bridgehead atoms. The molecule has 6 nitrogen and oxygen atoms in total. The van der Waals surface area contributed by atoms with E-state index in [1.165, 1.54) is 25.7 Å². The van der Waals surface area contributed by atoms with E-state index in [2.05, 4.69) is 33.6 Å². The molecule has 2 N–H and O–H groups in total. The van der Waals surface area contributed by atoms with E-state index in [0.717, 1.165) is 35.2 Å². The number of amides is 2. The Morgan fingerprint density at radius 2 is 2.00 bits per heavy atom. The van der Waals surface area contributed by atoms with Crippen LogP contribution in [0.3, 0.4) is 0 Å². The fourth-order valence-corrected chi connectivity index (χ4v) is 5.21. The molecule has 2 aliphatic heterocycles. The molecule has 29 heavy (non-hydrogen) atoms. The van der Waals surface area contributed by atoms with Crippen molar-refractivity contribution in [2.24, 2.45) is 18.4 Å². The Bertz CT molecular complexity index is 1040. The molecule has 1 aliphatic carbocycles. The van der Waals surface area contributed by atoms with Gasteiger partial charge in [-0.25, -0.2) is 0 Å². The fourth-order valence-electron chi connectivity index (χ4n) is 5.21. The molecule has 1 aromatic heterocycles. The van der Waals surface area contributed by atoms with Crippen LogP contribution < -0.4 is 10.6 Å². The average molecular weight is 390 g/mol. The number of aryl methyl sites for hydroxylation is 1. The lowest BCUT2D eigenvalue weighted by molar-refractivity contribution is -0.134. The number of hydrogen-bond donors (Lipinski definition) is 2. The van der Waals surface area contributed by atoms with Crippen LogP contribution in [0, 0.1) is 23.2 Å². The van der Waals surface area contributed by atoms with Crippen molar-refractivity contribution in [1.29, 1.82) is 0 Å². The number of imide groups is 1. The number of nitrogens with one attached hydrogen (secondary N) is 2. The minimum atomic E-state index is -0.371. The molecule has 1 spiro atoms. The molecule has 3 heterocycles. The second-order valence-electron chi connectivity index (χ2n) is 8.87. The molecule has 3 aliphatic rings. The van der Waals surface area contributed by atoms with E-state index in [9.17, 15) is 9.59 Å². The second-order valence-corrected chi connectivity index (χ2v) is 8.87. The third-order valence-electron chi connectivity index (χ3n) is 6.89. The van der Waals surface area contributed by atoms with Crippen molar-refractivity contribution < 1.29 is 9.59 Å². The lowest BCUT2D eigenvalue weighted by Crippen LogP contribution is -2.45. The Labute approximate surface area is 170 Å². The molecular formula is C23H26N4O2. The van der Waals surface area contributed by atoms with E-state index >= 15 is 0 Å². The Balaban J connectivity index is 1.35. The van der Waals surface area contributed by atoms with E-state index in [1.54, 1.807) is 0 Å². The first-order valence-corrected chi connectivity index (χ1v) is 10.6. The molecule has 1 unspecified atom stereocenters. The van der Waals surface area contributed by atoms with Gasteiger partial charge < -0.3 is 5.32 Å². The predicted molar refractivity (Wildman–Crippen MR) is 110 cm³/mol. The van der Waals surface area contributed by atoms with Gasteiger partial charge in [0.1, 0.15) is 0 Å². The standard InChI is InChI=1S/C23H26N4O2/c1-27-19-12-15(2-3-16-13-23(14-16)8-10-24-11-9-23)4-5-17(19)21(26-27)18-6-7-20(28)25-22(18)29/h4-5,12,16,18,24H,6-11,13-14H2,1H3,(H,25,28,29). The monoisotopic (exact) mass is 390 g/mol. The van der Waals surface area contributed by atoms with Gasteiger partial charge in [0.05, 0.1) is 17.1 Å². The smallest absolute Gasteiger partial charge is 0.235 e. The molecule has 2 amide bonds. The highest BCUT2D eigenvalue weighted by molar-refractivity contribution is 6.02. The highest BCUT2D eigenvalue weighted by Gasteiger charge is 2.43. The Morgan fingerprint density at radius 3 is 2.76 bits per heavy atom. The molecule has 2 aromatic rings. The maximum absolute atomic E-state index is 12.3. The van der Waals surface area contributed by atoms with E-state index in [-0.39, 0.29) is 17.7 Å². The third-order valence-corrected chi connectivity index (χ3v) is 6.89. The van der Waals surface area contributed by atoms with Crippen LogP contribution in [0.1, 0.15) is 55.7 Å². The number of hydrogen-bond acceptors (Lipinski definition) is 4. The Hall–Kier alpha value is -2.65. The molecule has 1 aromatic carbocycles. The molecule has 5 rings (SSSR count). The van der Waals surface area contributed by atoms with Gasteiger partial charge in [0, 0.05) is 30.3 Å². The van der Waals surface area contributed by atoms with Crippen LogP contribution >= 0.6 is 0 Å². The highest BCUT2D eigenvalue weighted by Crippen LogP contribution is 2.51. The SMILES string of the molecule is Cn1nc(C2CCC(=O)NC2=O)c2ccc(C#CC3CC4(CCNCC4)C3)cc21. The summed E-state index contributed by atoms with van der Waals surface area (Å²) in [5.74, 6) is 6.52. The van der Waals surface area contributed by atoms with Gasteiger partial charge in [-0.15, -0.1) is 0 Å². The third kappa shape index (κ3) is 3.34. The lowest BCUT2D eigenvalue weighted by atomic mass is 9.58. The van der Waals surface area contributed by atoms with Crippen LogP contribution in [0.4, 0.5) is 0 Å². The van der Waals surface area contributed by atoms with E-state index in [4.69, 9.17) is 0 Å². The summed E-state index contributed by atoms with van der Waals surface area (Å²) < 4.78 is 1.81. The summed E-state index contributed by atoms with van der Waals surface area (Å²) in [5.41, 5.74) is 3.26. The minimum absolute atomic E-state index is 0.202. The first-order chi connectivity index (χ1) is 14.0. The van der Waals surface area contributed by atoms with Crippen molar-refractivity contribution in [3.8, 4) is 11.8 Å². The quantitative estimate of drug-likeness (QED) is 0.578. The number of carbonyl (C=O) groups excluding carboxylic acids is 2. The number of aromatic nitrogens is 2. The van der Waals surface area contributed by atoms with Gasteiger partial charge in [0.2, 0.25) is 11.8 Å². The number of rotatable bonds is 1. The topological polar surface area (TPSA) is 76.0 Å². The number of fused-ring (bicyclic) bond motifs is 1. The van der Waals surface area contributed by atoms with Crippen LogP contribution in [0.2, 0.25) is 0 Å². The molecule has 0 radical (unpaired) electrons. The Kier molecular flexibility index (Phi) is 4.44. The largest absolute Gasteiger partial charge is 0.317 e. The highest BCUT2D eigenvalue weighted by atomic mass is 16.2. The summed E-state index contributed by atoms with van der Waals surface area (Å²) in [6.07, 6.45) is 5.91. The predicted octanol–water partition coefficient (Wildman–Crippen LogP) is 2.22. The molecule has 2 saturated heterocycles. The first-order valence-electron chi connectivity index (χ1n) is 10.6. The van der Waals surface area contributed by atoms with Crippen molar-refractivity contribution >= 4 is 22.7 Å². The maximum Gasteiger partial charge on any atom is 0.235 e. The zero-order valence-electron chi connectivity index (χ0n) is 16.8. The van der Waals surface area contributed by atoms with Crippen molar-refractivity contribution in [3.63, 3.8) is 0 Å². The summed E-state index contributed by atoms with van der Waals surface area (Å²) >= 11 is 0. The van der Waals surface area contributed by atoms with Crippen LogP contribution in [0.25, 0.3) is 10.9 Å². The van der Waals surface area contributed by atoms with Crippen molar-refractivity contribution in [1.82, 2.24) is 20.4 Å². The molecular weight excluding hydrogens is 364 g/mol. The normalized spacial score (nSPS) is 24.1. The zero-order chi connectivity index (χ0) is 20.0. The van der Waals surface area contributed by atoms with Crippen molar-refractivity contribution in [2.75, 3.05) is 13.1 Å². The summed E-state index contributed by atoms with van der Waals surface area (Å²) in [7, 11) is 1.89. The van der Waals surface area contributed by atoms with Crippen molar-refractivity contribution in [2.45, 2.75) is 44.4 Å². The summed E-state index contributed by atoms with van der Waals surface area (Å²) in [4.78, 5) is 23.7. The molecule has 150 valence electrons. The molecule has 6 heteroatoms. The lowest BCUT2D eigenvalue weighted by Gasteiger charge is -2.48. The van der Waals surface area contributed by atoms with Gasteiger partial charge in [-0.3, -0.25) is 19.6 Å². The number of piperidine rings is 2. The fraction of sp³-hybridized carbons (Fsp3) is 0.522. The van der Waals surface area contributed by atoms with E-state index in [1.807, 2.05) is 23.9 Å². The number of carbonyl (C=O) groups is 2. The van der Waals surface area contributed by atoms with Crippen LogP contribution in [-0.4, -0.2) is 34.7 Å². The van der Waals surface area contributed by atoms with Crippen molar-refractivity contribution in [3.05, 3.63) is 29.5 Å². The van der Waals surface area contributed by atoms with Crippen LogP contribution in [0.5, 0.6) is 0 Å². The zero-order valence-corrected chi connectivity index (χ0v) is 16.8. The number of benzene rings is 1. The maximum atomic E-state index is 12.3. The van der Waals surface area contributed by atoms with Gasteiger partial charge in [-0.05, 0) is 68.8 Å². The van der Waals surface area contributed by atoms with Crippen LogP contribution in [0.15, 0.2) is 18.2 Å². The average Bonchev–Trinajstić information content (AvgIpc) is 3.01. The van der Waals surface area contributed by atoms with Gasteiger partial charge in [0.15, 0.2) is 0 Å². The minimum Gasteiger partial charge on any atom is -0.317 e. The number of nitrogens with zero attached hydrogens (tertiary/aromatic N) is 2. The summed E-state index contributed by atoms with van der Waals surface area (Å²) in [5, 5.41) is 11.4. The molecule has 1 saturated carbocycles. The van der Waals surface area contributed by atoms with Gasteiger partial charge >= 0.3 is 0 Å². The van der Waals surface area contributed by atoms with E-state index in [0.29, 0.717) is 24.2 Å². The summed E-state index contributed by atoms with van der Waals surface area (Å²) in [6, 6.07) is 6.09. The summed E-state index contributed by atoms with van der Waals surface area (Å²) in [6.45, 7) is 2.29.